The van der Waals surface area contributed by atoms with Crippen molar-refractivity contribution in [3.63, 3.8) is 0 Å². The zero-order chi connectivity index (χ0) is 13.3. The highest BCUT2D eigenvalue weighted by Gasteiger charge is 2.14. The van der Waals surface area contributed by atoms with E-state index in [1.807, 2.05) is 0 Å². The number of aromatic nitrogens is 2. The van der Waals surface area contributed by atoms with E-state index >= 15 is 0 Å². The van der Waals surface area contributed by atoms with Gasteiger partial charge in [0.25, 0.3) is 5.91 Å². The maximum Gasteiger partial charge on any atom is 0.254 e. The topological polar surface area (TPSA) is 96.2 Å². The molecule has 94 valence electrons. The van der Waals surface area contributed by atoms with E-state index in [0.717, 1.165) is 0 Å². The number of rotatable bonds is 3. The summed E-state index contributed by atoms with van der Waals surface area (Å²) in [6, 6.07) is 5.04. The van der Waals surface area contributed by atoms with Crippen molar-refractivity contribution in [2.24, 2.45) is 5.73 Å². The fraction of sp³-hybridized carbons (Fsp3) is 0.0909. The average Bonchev–Trinajstić information content (AvgIpc) is 2.71. The highest BCUT2D eigenvalue weighted by Crippen LogP contribution is 2.27. The summed E-state index contributed by atoms with van der Waals surface area (Å²) >= 11 is 6.00. The van der Waals surface area contributed by atoms with Crippen molar-refractivity contribution in [1.29, 1.82) is 0 Å². The van der Waals surface area contributed by atoms with Gasteiger partial charge < -0.3 is 16.2 Å². The van der Waals surface area contributed by atoms with Crippen LogP contribution in [0.4, 0.5) is 5.82 Å². The van der Waals surface area contributed by atoms with Gasteiger partial charge in [-0.15, -0.1) is 0 Å². The van der Waals surface area contributed by atoms with E-state index in [9.17, 15) is 4.79 Å². The number of hydrogen-bond donors (Lipinski definition) is 2. The van der Waals surface area contributed by atoms with Crippen molar-refractivity contribution >= 4 is 23.3 Å². The number of amides is 1. The van der Waals surface area contributed by atoms with Gasteiger partial charge in [-0.25, -0.2) is 4.68 Å². The summed E-state index contributed by atoms with van der Waals surface area (Å²) in [4.78, 5) is 11.1. The van der Waals surface area contributed by atoms with Crippen LogP contribution in [0.25, 0.3) is 5.69 Å². The number of anilines is 1. The zero-order valence-corrected chi connectivity index (χ0v) is 10.3. The lowest BCUT2D eigenvalue weighted by molar-refractivity contribution is 0.100. The summed E-state index contributed by atoms with van der Waals surface area (Å²) < 4.78 is 6.42. The van der Waals surface area contributed by atoms with E-state index in [1.165, 1.54) is 18.0 Å². The van der Waals surface area contributed by atoms with Crippen LogP contribution in [0.15, 0.2) is 24.4 Å². The molecule has 6 nitrogen and oxygen atoms in total. The van der Waals surface area contributed by atoms with E-state index in [1.54, 1.807) is 18.2 Å². The Labute approximate surface area is 108 Å². The average molecular weight is 267 g/mol. The Morgan fingerprint density at radius 3 is 2.72 bits per heavy atom. The first kappa shape index (κ1) is 12.3. The van der Waals surface area contributed by atoms with Gasteiger partial charge in [0, 0.05) is 0 Å². The van der Waals surface area contributed by atoms with Crippen LogP contribution in [0.3, 0.4) is 0 Å². The molecule has 0 spiro atoms. The lowest BCUT2D eigenvalue weighted by atomic mass is 10.3. The van der Waals surface area contributed by atoms with Crippen LogP contribution in [0.5, 0.6) is 5.75 Å². The fourth-order valence-electron chi connectivity index (χ4n) is 1.54. The molecule has 0 radical (unpaired) electrons. The molecule has 1 heterocycles. The van der Waals surface area contributed by atoms with Crippen LogP contribution < -0.4 is 16.2 Å². The predicted octanol–water partition coefficient (Wildman–Crippen LogP) is 1.22. The quantitative estimate of drug-likeness (QED) is 0.873. The number of nitrogens with two attached hydrogens (primary N) is 2. The van der Waals surface area contributed by atoms with E-state index in [0.29, 0.717) is 16.5 Å². The molecule has 4 N–H and O–H groups in total. The molecule has 0 bridgehead atoms. The number of nitrogen functional groups attached to an aromatic ring is 1. The number of hydrogen-bond acceptors (Lipinski definition) is 4. The molecule has 0 atom stereocenters. The third-order valence-electron chi connectivity index (χ3n) is 2.45. The highest BCUT2D eigenvalue weighted by molar-refractivity contribution is 6.32. The Morgan fingerprint density at radius 2 is 2.22 bits per heavy atom. The van der Waals surface area contributed by atoms with Crippen LogP contribution >= 0.6 is 11.6 Å². The number of nitrogens with zero attached hydrogens (tertiary/aromatic N) is 2. The standard InChI is InChI=1S/C11H11ClN4O2/c1-18-9-3-2-6(4-8(9)12)16-10(13)7(5-15-16)11(14)17/h2-5H,13H2,1H3,(H2,14,17). The number of halogens is 1. The summed E-state index contributed by atoms with van der Waals surface area (Å²) in [5, 5.41) is 4.42. The first-order valence-electron chi connectivity index (χ1n) is 5.01. The van der Waals surface area contributed by atoms with Gasteiger partial charge in [0.15, 0.2) is 0 Å². The van der Waals surface area contributed by atoms with Crippen molar-refractivity contribution in [3.8, 4) is 11.4 Å². The van der Waals surface area contributed by atoms with Crippen molar-refractivity contribution in [3.05, 3.63) is 35.0 Å². The monoisotopic (exact) mass is 266 g/mol. The second-order valence-corrected chi connectivity index (χ2v) is 3.95. The van der Waals surface area contributed by atoms with Gasteiger partial charge in [0.05, 0.1) is 24.0 Å². The first-order chi connectivity index (χ1) is 8.54. The molecule has 2 rings (SSSR count). The van der Waals surface area contributed by atoms with Gasteiger partial charge >= 0.3 is 0 Å². The molecular weight excluding hydrogens is 256 g/mol. The molecule has 2 aromatic rings. The van der Waals surface area contributed by atoms with Gasteiger partial charge in [-0.05, 0) is 18.2 Å². The molecule has 0 saturated carbocycles. The largest absolute Gasteiger partial charge is 0.495 e. The van der Waals surface area contributed by atoms with Gasteiger partial charge in [-0.2, -0.15) is 5.10 Å². The lowest BCUT2D eigenvalue weighted by Crippen LogP contribution is -2.13. The predicted molar refractivity (Wildman–Crippen MR) is 68.1 cm³/mol. The molecule has 0 aliphatic heterocycles. The summed E-state index contributed by atoms with van der Waals surface area (Å²) in [6.07, 6.45) is 1.32. The number of primary amides is 1. The maximum absolute atomic E-state index is 11.1. The van der Waals surface area contributed by atoms with E-state index in [2.05, 4.69) is 5.10 Å². The second kappa shape index (κ2) is 4.58. The second-order valence-electron chi connectivity index (χ2n) is 3.54. The molecule has 0 unspecified atom stereocenters. The van der Waals surface area contributed by atoms with Crippen LogP contribution in [0.1, 0.15) is 10.4 Å². The number of ether oxygens (including phenoxy) is 1. The Kier molecular flexibility index (Phi) is 3.12. The summed E-state index contributed by atoms with van der Waals surface area (Å²) in [6.45, 7) is 0. The van der Waals surface area contributed by atoms with Crippen molar-refractivity contribution in [2.45, 2.75) is 0 Å². The molecule has 1 aromatic carbocycles. The van der Waals surface area contributed by atoms with Crippen LogP contribution in [0, 0.1) is 0 Å². The number of carbonyl (C=O) groups is 1. The summed E-state index contributed by atoms with van der Waals surface area (Å²) in [5.41, 5.74) is 11.7. The third-order valence-corrected chi connectivity index (χ3v) is 2.75. The van der Waals surface area contributed by atoms with Gasteiger partial charge in [-0.1, -0.05) is 11.6 Å². The Hall–Kier alpha value is -2.21. The van der Waals surface area contributed by atoms with E-state index in [4.69, 9.17) is 27.8 Å². The summed E-state index contributed by atoms with van der Waals surface area (Å²) in [7, 11) is 1.52. The molecular formula is C11H11ClN4O2. The molecule has 0 aliphatic rings. The normalized spacial score (nSPS) is 10.3. The molecule has 0 aliphatic carbocycles. The fourth-order valence-corrected chi connectivity index (χ4v) is 1.79. The third kappa shape index (κ3) is 1.98. The molecule has 0 saturated heterocycles. The van der Waals surface area contributed by atoms with E-state index < -0.39 is 5.91 Å². The van der Waals surface area contributed by atoms with Crippen molar-refractivity contribution < 1.29 is 9.53 Å². The molecule has 18 heavy (non-hydrogen) atoms. The first-order valence-corrected chi connectivity index (χ1v) is 5.39. The van der Waals surface area contributed by atoms with Crippen molar-refractivity contribution in [1.82, 2.24) is 9.78 Å². The van der Waals surface area contributed by atoms with Gasteiger partial charge in [-0.3, -0.25) is 4.79 Å². The molecule has 1 aromatic heterocycles. The molecule has 1 amide bonds. The number of methoxy groups -OCH3 is 1. The van der Waals surface area contributed by atoms with Crippen LogP contribution in [0.2, 0.25) is 5.02 Å². The Bertz CT molecular complexity index is 609. The molecule has 7 heteroatoms. The van der Waals surface area contributed by atoms with Crippen molar-refractivity contribution in [2.75, 3.05) is 12.8 Å². The van der Waals surface area contributed by atoms with Gasteiger partial charge in [0.2, 0.25) is 0 Å². The lowest BCUT2D eigenvalue weighted by Gasteiger charge is -2.07. The number of benzene rings is 1. The van der Waals surface area contributed by atoms with Crippen LogP contribution in [-0.4, -0.2) is 22.8 Å². The maximum atomic E-state index is 11.1. The minimum atomic E-state index is -0.627. The van der Waals surface area contributed by atoms with E-state index in [-0.39, 0.29) is 11.4 Å². The minimum absolute atomic E-state index is 0.168. The highest BCUT2D eigenvalue weighted by atomic mass is 35.5. The smallest absolute Gasteiger partial charge is 0.254 e. The SMILES string of the molecule is COc1ccc(-n2ncc(C(N)=O)c2N)cc1Cl. The Balaban J connectivity index is 2.49. The zero-order valence-electron chi connectivity index (χ0n) is 9.55. The van der Waals surface area contributed by atoms with Crippen LogP contribution in [-0.2, 0) is 0 Å². The minimum Gasteiger partial charge on any atom is -0.495 e. The van der Waals surface area contributed by atoms with Gasteiger partial charge in [0.1, 0.15) is 17.1 Å². The number of carbonyl (C=O) groups excluding carboxylic acids is 1. The summed E-state index contributed by atoms with van der Waals surface area (Å²) in [5.74, 6) is 0.0864. The molecule has 0 fully saturated rings. The Morgan fingerprint density at radius 1 is 1.50 bits per heavy atom.